The lowest BCUT2D eigenvalue weighted by Crippen LogP contribution is -2.42. The average molecular weight is 512 g/mol. The van der Waals surface area contributed by atoms with Gasteiger partial charge in [-0.25, -0.2) is 22.6 Å². The summed E-state index contributed by atoms with van der Waals surface area (Å²) in [5, 5.41) is 11.6. The maximum absolute atomic E-state index is 13.5. The molecule has 1 aliphatic rings. The number of rotatable bonds is 7. The highest BCUT2D eigenvalue weighted by atomic mass is 32.2. The van der Waals surface area contributed by atoms with Crippen molar-refractivity contribution >= 4 is 21.7 Å². The zero-order chi connectivity index (χ0) is 25.4. The molecule has 5 rings (SSSR count). The number of sulfonamides is 1. The Morgan fingerprint density at radius 2 is 1.92 bits per heavy atom. The Morgan fingerprint density at radius 1 is 1.14 bits per heavy atom. The minimum atomic E-state index is -3.25. The lowest BCUT2D eigenvalue weighted by molar-refractivity contribution is 0.403. The first-order valence-electron chi connectivity index (χ1n) is 12.0. The Hall–Kier alpha value is -3.51. The van der Waals surface area contributed by atoms with Crippen LogP contribution in [0.15, 0.2) is 39.5 Å². The zero-order valence-electron chi connectivity index (χ0n) is 20.5. The number of benzene rings is 1. The Balaban J connectivity index is 1.48. The largest absolute Gasteiger partial charge is 0.403 e. The number of aromatic amines is 1. The van der Waals surface area contributed by atoms with E-state index in [0.717, 1.165) is 48.9 Å². The molecule has 12 heteroatoms. The molecule has 2 N–H and O–H groups in total. The van der Waals surface area contributed by atoms with Crippen molar-refractivity contribution < 1.29 is 12.8 Å². The van der Waals surface area contributed by atoms with Gasteiger partial charge in [0, 0.05) is 30.4 Å². The molecule has 1 saturated heterocycles. The van der Waals surface area contributed by atoms with Crippen LogP contribution in [0.3, 0.4) is 0 Å². The molecule has 0 radical (unpaired) electrons. The van der Waals surface area contributed by atoms with Gasteiger partial charge in [-0.3, -0.25) is 9.89 Å². The summed E-state index contributed by atoms with van der Waals surface area (Å²) in [4.78, 5) is 20.3. The molecule has 1 aromatic carbocycles. The van der Waals surface area contributed by atoms with Crippen LogP contribution in [0.4, 0.5) is 6.01 Å². The predicted octanol–water partition coefficient (Wildman–Crippen LogP) is 2.65. The van der Waals surface area contributed by atoms with Gasteiger partial charge in [0.15, 0.2) is 5.65 Å². The second kappa shape index (κ2) is 9.51. The SMILES string of the molecule is Cc1nc2c(-c3ccccc3)c(C)[nH]n2c(=O)c1-c1nnc(N2CCCCC2CCNS(C)(=O)=O)o1. The van der Waals surface area contributed by atoms with Gasteiger partial charge in [0.2, 0.25) is 10.0 Å². The van der Waals surface area contributed by atoms with Crippen LogP contribution in [0.1, 0.15) is 37.1 Å². The van der Waals surface area contributed by atoms with E-state index in [-0.39, 0.29) is 23.1 Å². The summed E-state index contributed by atoms with van der Waals surface area (Å²) < 4.78 is 32.9. The van der Waals surface area contributed by atoms with E-state index in [9.17, 15) is 13.2 Å². The van der Waals surface area contributed by atoms with Crippen molar-refractivity contribution in [3.63, 3.8) is 0 Å². The van der Waals surface area contributed by atoms with E-state index < -0.39 is 10.0 Å². The number of H-pyrrole nitrogens is 1. The summed E-state index contributed by atoms with van der Waals surface area (Å²) in [5.74, 6) is 0.112. The Bertz CT molecular complexity index is 1560. The molecule has 1 unspecified atom stereocenters. The van der Waals surface area contributed by atoms with Crippen molar-refractivity contribution in [3.05, 3.63) is 52.1 Å². The van der Waals surface area contributed by atoms with E-state index in [1.54, 1.807) is 6.92 Å². The first kappa shape index (κ1) is 24.2. The van der Waals surface area contributed by atoms with Crippen LogP contribution in [0.25, 0.3) is 28.2 Å². The minimum absolute atomic E-state index is 0.0589. The molecule has 0 aliphatic carbocycles. The third-order valence-electron chi connectivity index (χ3n) is 6.55. The normalized spacial score (nSPS) is 16.6. The summed E-state index contributed by atoms with van der Waals surface area (Å²) in [5.41, 5.74) is 3.64. The summed E-state index contributed by atoms with van der Waals surface area (Å²) in [6.07, 6.45) is 4.66. The van der Waals surface area contributed by atoms with Crippen LogP contribution in [0, 0.1) is 13.8 Å². The third kappa shape index (κ3) is 4.65. The predicted molar refractivity (Wildman–Crippen MR) is 136 cm³/mol. The number of aryl methyl sites for hydroxylation is 2. The molecule has 1 fully saturated rings. The summed E-state index contributed by atoms with van der Waals surface area (Å²) in [6.45, 7) is 4.72. The van der Waals surface area contributed by atoms with Crippen LogP contribution in [0.2, 0.25) is 0 Å². The fraction of sp³-hybridized carbons (Fsp3) is 0.417. The molecule has 0 bridgehead atoms. The summed E-state index contributed by atoms with van der Waals surface area (Å²) in [6, 6.07) is 10.2. The number of piperidine rings is 1. The highest BCUT2D eigenvalue weighted by Crippen LogP contribution is 2.30. The van der Waals surface area contributed by atoms with Gasteiger partial charge >= 0.3 is 6.01 Å². The van der Waals surface area contributed by atoms with E-state index in [4.69, 9.17) is 9.40 Å². The van der Waals surface area contributed by atoms with E-state index in [1.807, 2.05) is 42.2 Å². The van der Waals surface area contributed by atoms with Gasteiger partial charge < -0.3 is 9.32 Å². The molecule has 0 amide bonds. The maximum atomic E-state index is 13.5. The highest BCUT2D eigenvalue weighted by molar-refractivity contribution is 7.88. The molecule has 4 heterocycles. The highest BCUT2D eigenvalue weighted by Gasteiger charge is 2.28. The zero-order valence-corrected chi connectivity index (χ0v) is 21.3. The minimum Gasteiger partial charge on any atom is -0.403 e. The van der Waals surface area contributed by atoms with E-state index in [2.05, 4.69) is 20.0 Å². The van der Waals surface area contributed by atoms with Gasteiger partial charge in [0.25, 0.3) is 11.4 Å². The number of anilines is 1. The average Bonchev–Trinajstić information content (AvgIpc) is 3.44. The lowest BCUT2D eigenvalue weighted by atomic mass is 10.00. The summed E-state index contributed by atoms with van der Waals surface area (Å²) >= 11 is 0. The topological polar surface area (TPSA) is 138 Å². The first-order chi connectivity index (χ1) is 17.2. The molecule has 3 aromatic heterocycles. The maximum Gasteiger partial charge on any atom is 0.318 e. The van der Waals surface area contributed by atoms with Gasteiger partial charge in [-0.15, -0.1) is 5.10 Å². The smallest absolute Gasteiger partial charge is 0.318 e. The second-order valence-corrected chi connectivity index (χ2v) is 11.0. The van der Waals surface area contributed by atoms with Crippen molar-refractivity contribution in [1.82, 2.24) is 29.5 Å². The number of nitrogens with zero attached hydrogens (tertiary/aromatic N) is 5. The molecule has 190 valence electrons. The lowest BCUT2D eigenvalue weighted by Gasteiger charge is -2.34. The van der Waals surface area contributed by atoms with Crippen molar-refractivity contribution in [2.45, 2.75) is 45.6 Å². The molecular weight excluding hydrogens is 482 g/mol. The van der Waals surface area contributed by atoms with Crippen molar-refractivity contribution in [3.8, 4) is 22.6 Å². The molecule has 36 heavy (non-hydrogen) atoms. The van der Waals surface area contributed by atoms with Gasteiger partial charge in [0.05, 0.1) is 11.9 Å². The van der Waals surface area contributed by atoms with Crippen molar-refractivity contribution in [1.29, 1.82) is 0 Å². The molecule has 0 spiro atoms. The van der Waals surface area contributed by atoms with Crippen LogP contribution in [-0.2, 0) is 10.0 Å². The monoisotopic (exact) mass is 511 g/mol. The van der Waals surface area contributed by atoms with Crippen LogP contribution < -0.4 is 15.2 Å². The van der Waals surface area contributed by atoms with Crippen LogP contribution in [0.5, 0.6) is 0 Å². The van der Waals surface area contributed by atoms with E-state index in [0.29, 0.717) is 30.3 Å². The van der Waals surface area contributed by atoms with Crippen LogP contribution in [-0.4, -0.2) is 58.6 Å². The van der Waals surface area contributed by atoms with Gasteiger partial charge in [-0.1, -0.05) is 35.4 Å². The van der Waals surface area contributed by atoms with Crippen molar-refractivity contribution in [2.24, 2.45) is 0 Å². The van der Waals surface area contributed by atoms with E-state index in [1.165, 1.54) is 4.52 Å². The number of fused-ring (bicyclic) bond motifs is 1. The number of nitrogens with one attached hydrogen (secondary N) is 2. The Labute approximate surface area is 208 Å². The van der Waals surface area contributed by atoms with Gasteiger partial charge in [-0.2, -0.15) is 0 Å². The fourth-order valence-corrected chi connectivity index (χ4v) is 5.37. The Kier molecular flexibility index (Phi) is 6.39. The molecule has 4 aromatic rings. The second-order valence-electron chi connectivity index (χ2n) is 9.20. The van der Waals surface area contributed by atoms with E-state index >= 15 is 0 Å². The number of hydrogen-bond donors (Lipinski definition) is 2. The molecule has 1 atom stereocenters. The number of hydrogen-bond acceptors (Lipinski definition) is 8. The molecule has 0 saturated carbocycles. The molecule has 11 nitrogen and oxygen atoms in total. The Morgan fingerprint density at radius 3 is 2.67 bits per heavy atom. The molecular formula is C24H29N7O4S. The quantitative estimate of drug-likeness (QED) is 0.386. The summed E-state index contributed by atoms with van der Waals surface area (Å²) in [7, 11) is -3.25. The molecule has 1 aliphatic heterocycles. The number of aromatic nitrogens is 5. The first-order valence-corrected chi connectivity index (χ1v) is 13.8. The van der Waals surface area contributed by atoms with Crippen LogP contribution >= 0.6 is 0 Å². The van der Waals surface area contributed by atoms with Gasteiger partial charge in [0.1, 0.15) is 5.56 Å². The van der Waals surface area contributed by atoms with Crippen molar-refractivity contribution in [2.75, 3.05) is 24.2 Å². The third-order valence-corrected chi connectivity index (χ3v) is 7.28. The fourth-order valence-electron chi connectivity index (χ4n) is 4.88. The standard InChI is InChI=1S/C24H29N7O4S/c1-15-20(23(32)31-21(26-15)19(16(2)29-31)17-9-5-4-6-10-17)22-27-28-24(35-22)30-14-8-7-11-18(30)12-13-25-36(3,33)34/h4-6,9-10,18,25,29H,7-8,11-14H2,1-3H3. The van der Waals surface area contributed by atoms with Gasteiger partial charge in [-0.05, 0) is 45.1 Å².